The molecular formula is C14H24O3. The van der Waals surface area contributed by atoms with Gasteiger partial charge in [-0.25, -0.2) is 0 Å². The van der Waals surface area contributed by atoms with Crippen LogP contribution >= 0.6 is 0 Å². The third-order valence-corrected chi connectivity index (χ3v) is 2.94. The van der Waals surface area contributed by atoms with Gasteiger partial charge in [0.05, 0.1) is 12.2 Å². The highest BCUT2D eigenvalue weighted by Crippen LogP contribution is 2.38. The number of hydrogen-bond acceptors (Lipinski definition) is 3. The van der Waals surface area contributed by atoms with E-state index in [0.717, 1.165) is 35.9 Å². The van der Waals surface area contributed by atoms with Crippen LogP contribution in [0, 0.1) is 13.8 Å². The summed E-state index contributed by atoms with van der Waals surface area (Å²) in [6.07, 6.45) is 2.27. The van der Waals surface area contributed by atoms with Crippen LogP contribution in [0.4, 0.5) is 0 Å². The molecule has 0 aliphatic heterocycles. The molecule has 0 amide bonds. The second kappa shape index (κ2) is 5.99. The summed E-state index contributed by atoms with van der Waals surface area (Å²) in [7, 11) is 0. The molecule has 0 aliphatic carbocycles. The highest BCUT2D eigenvalue weighted by molar-refractivity contribution is 5.45. The maximum atomic E-state index is 5.87. The van der Waals surface area contributed by atoms with Crippen LogP contribution in [0.15, 0.2) is 4.42 Å². The van der Waals surface area contributed by atoms with Crippen LogP contribution in [0.1, 0.15) is 52.1 Å². The number of rotatable bonds is 6. The molecule has 2 unspecified atom stereocenters. The van der Waals surface area contributed by atoms with E-state index in [-0.39, 0.29) is 12.2 Å². The Morgan fingerprint density at radius 3 is 1.53 bits per heavy atom. The Hall–Kier alpha value is -1.12. The van der Waals surface area contributed by atoms with Crippen molar-refractivity contribution in [2.75, 3.05) is 0 Å². The third-order valence-electron chi connectivity index (χ3n) is 2.94. The molecular weight excluding hydrogens is 216 g/mol. The quantitative estimate of drug-likeness (QED) is 0.745. The molecule has 1 heterocycles. The Kier molecular flexibility index (Phi) is 4.91. The first-order valence-electron chi connectivity index (χ1n) is 6.42. The van der Waals surface area contributed by atoms with Gasteiger partial charge in [0.25, 0.3) is 0 Å². The van der Waals surface area contributed by atoms with Gasteiger partial charge in [-0.1, -0.05) is 13.8 Å². The van der Waals surface area contributed by atoms with E-state index in [9.17, 15) is 0 Å². The van der Waals surface area contributed by atoms with Crippen molar-refractivity contribution >= 4 is 0 Å². The Morgan fingerprint density at radius 2 is 1.24 bits per heavy atom. The average Bonchev–Trinajstić information content (AvgIpc) is 2.55. The topological polar surface area (TPSA) is 31.6 Å². The minimum absolute atomic E-state index is 0.171. The molecule has 3 nitrogen and oxygen atoms in total. The lowest BCUT2D eigenvalue weighted by Gasteiger charge is -2.16. The summed E-state index contributed by atoms with van der Waals surface area (Å²) in [6, 6.07) is 0. The van der Waals surface area contributed by atoms with E-state index in [4.69, 9.17) is 13.9 Å². The summed E-state index contributed by atoms with van der Waals surface area (Å²) in [4.78, 5) is 0. The molecule has 1 aromatic heterocycles. The van der Waals surface area contributed by atoms with E-state index < -0.39 is 0 Å². The summed E-state index contributed by atoms with van der Waals surface area (Å²) in [5.74, 6) is 3.11. The Labute approximate surface area is 104 Å². The fraction of sp³-hybridized carbons (Fsp3) is 0.714. The fourth-order valence-corrected chi connectivity index (χ4v) is 1.48. The highest BCUT2D eigenvalue weighted by Gasteiger charge is 2.21. The van der Waals surface area contributed by atoms with Crippen LogP contribution in [0.2, 0.25) is 0 Å². The Morgan fingerprint density at radius 1 is 0.882 bits per heavy atom. The van der Waals surface area contributed by atoms with Gasteiger partial charge in [-0.2, -0.15) is 0 Å². The first-order chi connectivity index (χ1) is 7.99. The van der Waals surface area contributed by atoms with E-state index in [1.807, 2.05) is 13.8 Å². The predicted octanol–water partition coefficient (Wildman–Crippen LogP) is 4.25. The number of aryl methyl sites for hydroxylation is 2. The van der Waals surface area contributed by atoms with Gasteiger partial charge in [-0.3, -0.25) is 0 Å². The van der Waals surface area contributed by atoms with E-state index in [1.165, 1.54) is 0 Å². The van der Waals surface area contributed by atoms with Gasteiger partial charge in [0.1, 0.15) is 11.5 Å². The van der Waals surface area contributed by atoms with Gasteiger partial charge in [0, 0.05) is 0 Å². The Bertz CT molecular complexity index is 322. The fourth-order valence-electron chi connectivity index (χ4n) is 1.48. The molecule has 1 aromatic rings. The zero-order chi connectivity index (χ0) is 13.0. The van der Waals surface area contributed by atoms with Crippen LogP contribution in [-0.2, 0) is 0 Å². The highest BCUT2D eigenvalue weighted by atomic mass is 16.5. The number of ether oxygens (including phenoxy) is 2. The van der Waals surface area contributed by atoms with E-state index in [1.54, 1.807) is 0 Å². The molecule has 0 saturated carbocycles. The second-order valence-electron chi connectivity index (χ2n) is 4.55. The summed E-state index contributed by atoms with van der Waals surface area (Å²) >= 11 is 0. The molecule has 3 heteroatoms. The molecule has 0 spiro atoms. The standard InChI is InChI=1S/C14H24O3/c1-7-9(3)15-13-11(5)17-12(6)14(13)16-10(4)8-2/h9-10H,7-8H2,1-6H3. The maximum absolute atomic E-state index is 5.87. The Balaban J connectivity index is 2.93. The van der Waals surface area contributed by atoms with Crippen molar-refractivity contribution in [1.29, 1.82) is 0 Å². The van der Waals surface area contributed by atoms with Crippen LogP contribution in [0.5, 0.6) is 11.5 Å². The summed E-state index contributed by atoms with van der Waals surface area (Å²) in [5, 5.41) is 0. The van der Waals surface area contributed by atoms with Crippen molar-refractivity contribution in [1.82, 2.24) is 0 Å². The van der Waals surface area contributed by atoms with Crippen LogP contribution < -0.4 is 9.47 Å². The molecule has 2 atom stereocenters. The summed E-state index contributed by atoms with van der Waals surface area (Å²) in [5.41, 5.74) is 0. The summed E-state index contributed by atoms with van der Waals surface area (Å²) < 4.78 is 17.3. The zero-order valence-electron chi connectivity index (χ0n) is 11.8. The van der Waals surface area contributed by atoms with Crippen LogP contribution in [0.3, 0.4) is 0 Å². The van der Waals surface area contributed by atoms with Gasteiger partial charge in [0.2, 0.25) is 11.5 Å². The zero-order valence-corrected chi connectivity index (χ0v) is 11.8. The molecule has 98 valence electrons. The lowest BCUT2D eigenvalue weighted by molar-refractivity contribution is 0.177. The van der Waals surface area contributed by atoms with Crippen molar-refractivity contribution in [3.05, 3.63) is 11.5 Å². The van der Waals surface area contributed by atoms with Crippen molar-refractivity contribution in [3.8, 4) is 11.5 Å². The smallest absolute Gasteiger partial charge is 0.203 e. The summed E-state index contributed by atoms with van der Waals surface area (Å²) in [6.45, 7) is 12.1. The molecule has 0 N–H and O–H groups in total. The van der Waals surface area contributed by atoms with Crippen molar-refractivity contribution in [2.24, 2.45) is 0 Å². The molecule has 0 aromatic carbocycles. The minimum Gasteiger partial charge on any atom is -0.484 e. The van der Waals surface area contributed by atoms with E-state index in [0.29, 0.717) is 0 Å². The molecule has 0 saturated heterocycles. The van der Waals surface area contributed by atoms with E-state index in [2.05, 4.69) is 27.7 Å². The first-order valence-corrected chi connectivity index (χ1v) is 6.42. The normalized spacial score (nSPS) is 14.5. The third kappa shape index (κ3) is 3.42. The van der Waals surface area contributed by atoms with Crippen molar-refractivity contribution in [3.63, 3.8) is 0 Å². The lowest BCUT2D eigenvalue weighted by atomic mass is 10.3. The molecule has 0 fully saturated rings. The molecule has 17 heavy (non-hydrogen) atoms. The van der Waals surface area contributed by atoms with Crippen molar-refractivity contribution < 1.29 is 13.9 Å². The predicted molar refractivity (Wildman–Crippen MR) is 68.9 cm³/mol. The van der Waals surface area contributed by atoms with Crippen molar-refractivity contribution in [2.45, 2.75) is 66.6 Å². The van der Waals surface area contributed by atoms with E-state index >= 15 is 0 Å². The average molecular weight is 240 g/mol. The molecule has 0 radical (unpaired) electrons. The van der Waals surface area contributed by atoms with Gasteiger partial charge in [-0.05, 0) is 40.5 Å². The SMILES string of the molecule is CCC(C)Oc1c(C)oc(C)c1OC(C)CC. The minimum atomic E-state index is 0.171. The number of furan rings is 1. The second-order valence-corrected chi connectivity index (χ2v) is 4.55. The van der Waals surface area contributed by atoms with Gasteiger partial charge in [0.15, 0.2) is 0 Å². The monoisotopic (exact) mass is 240 g/mol. The molecule has 0 bridgehead atoms. The number of hydrogen-bond donors (Lipinski definition) is 0. The molecule has 0 aliphatic rings. The van der Waals surface area contributed by atoms with Gasteiger partial charge >= 0.3 is 0 Å². The molecule has 1 rings (SSSR count). The van der Waals surface area contributed by atoms with Gasteiger partial charge < -0.3 is 13.9 Å². The van der Waals surface area contributed by atoms with Gasteiger partial charge in [-0.15, -0.1) is 0 Å². The lowest BCUT2D eigenvalue weighted by Crippen LogP contribution is -2.14. The maximum Gasteiger partial charge on any atom is 0.203 e. The van der Waals surface area contributed by atoms with Crippen LogP contribution in [-0.4, -0.2) is 12.2 Å². The first kappa shape index (κ1) is 13.9. The largest absolute Gasteiger partial charge is 0.484 e. The van der Waals surface area contributed by atoms with Crippen LogP contribution in [0.25, 0.3) is 0 Å².